The van der Waals surface area contributed by atoms with Crippen molar-refractivity contribution in [3.8, 4) is 11.4 Å². The van der Waals surface area contributed by atoms with Crippen molar-refractivity contribution >= 4 is 5.82 Å². The summed E-state index contributed by atoms with van der Waals surface area (Å²) in [6, 6.07) is 32.7. The molecule has 1 fully saturated rings. The number of hydrogen-bond donors (Lipinski definition) is 1. The lowest BCUT2D eigenvalue weighted by Crippen LogP contribution is -2.62. The molecular formula is C29H33N4+. The van der Waals surface area contributed by atoms with Gasteiger partial charge in [0.05, 0.1) is 18.8 Å². The molecule has 0 radical (unpaired) electrons. The second kappa shape index (κ2) is 9.34. The first kappa shape index (κ1) is 21.6. The smallest absolute Gasteiger partial charge is 0.249 e. The van der Waals surface area contributed by atoms with Crippen LogP contribution < -0.4 is 4.48 Å². The van der Waals surface area contributed by atoms with E-state index in [2.05, 4.69) is 115 Å². The third-order valence-electron chi connectivity index (χ3n) is 7.13. The van der Waals surface area contributed by atoms with E-state index in [1.165, 1.54) is 16.9 Å². The molecule has 4 aromatic rings. The van der Waals surface area contributed by atoms with Gasteiger partial charge in [-0.25, -0.2) is 0 Å². The second-order valence-electron chi connectivity index (χ2n) is 9.04. The standard InChI is InChI=1S/C29H33N4/c1-3-32-19-21-33(22-20-32,29-23(2)30-28(31-29)26-17-11-6-12-18-26)27(24-13-7-4-8-14-24)25-15-9-5-10-16-25/h4-18,27H,3,19-22H2,1-2H3,(H,30,31)/q+1. The van der Waals surface area contributed by atoms with Crippen molar-refractivity contribution in [3.05, 3.63) is 108 Å². The maximum Gasteiger partial charge on any atom is 0.249 e. The Labute approximate surface area is 197 Å². The highest BCUT2D eigenvalue weighted by Gasteiger charge is 2.46. The van der Waals surface area contributed by atoms with Crippen molar-refractivity contribution in [2.45, 2.75) is 19.9 Å². The summed E-state index contributed by atoms with van der Waals surface area (Å²) in [6.45, 7) is 9.74. The number of nitrogens with zero attached hydrogens (tertiary/aromatic N) is 3. The first-order chi connectivity index (χ1) is 16.2. The fraction of sp³-hybridized carbons (Fsp3) is 0.276. The SMILES string of the molecule is CCN1CC[N+](c2nc(-c3ccccc3)[nH]c2C)(C(c2ccccc2)c2ccccc2)CC1. The average molecular weight is 438 g/mol. The number of H-pyrrole nitrogens is 1. The molecule has 1 aromatic heterocycles. The lowest BCUT2D eigenvalue weighted by molar-refractivity contribution is 0.113. The zero-order valence-corrected chi connectivity index (χ0v) is 19.6. The van der Waals surface area contributed by atoms with E-state index in [0.717, 1.165) is 54.3 Å². The zero-order chi connectivity index (χ0) is 22.7. The van der Waals surface area contributed by atoms with E-state index in [0.29, 0.717) is 0 Å². The molecule has 3 aromatic carbocycles. The number of hydrogen-bond acceptors (Lipinski definition) is 2. The first-order valence-electron chi connectivity index (χ1n) is 12.0. The molecule has 1 saturated heterocycles. The van der Waals surface area contributed by atoms with Gasteiger partial charge in [0.15, 0.2) is 0 Å². The Morgan fingerprint density at radius 1 is 0.818 bits per heavy atom. The highest BCUT2D eigenvalue weighted by Crippen LogP contribution is 2.42. The van der Waals surface area contributed by atoms with Crippen LogP contribution in [0.1, 0.15) is 29.8 Å². The zero-order valence-electron chi connectivity index (χ0n) is 19.6. The molecule has 0 atom stereocenters. The Morgan fingerprint density at radius 2 is 1.33 bits per heavy atom. The molecule has 33 heavy (non-hydrogen) atoms. The van der Waals surface area contributed by atoms with E-state index < -0.39 is 0 Å². The summed E-state index contributed by atoms with van der Waals surface area (Å²) in [7, 11) is 0. The van der Waals surface area contributed by atoms with Crippen molar-refractivity contribution in [1.82, 2.24) is 19.4 Å². The monoisotopic (exact) mass is 437 g/mol. The Bertz CT molecular complexity index is 1120. The van der Waals surface area contributed by atoms with Gasteiger partial charge in [-0.1, -0.05) is 97.9 Å². The molecule has 0 unspecified atom stereocenters. The van der Waals surface area contributed by atoms with Gasteiger partial charge in [-0.05, 0) is 13.5 Å². The molecule has 0 amide bonds. The van der Waals surface area contributed by atoms with Gasteiger partial charge < -0.3 is 4.98 Å². The third-order valence-corrected chi connectivity index (χ3v) is 7.13. The van der Waals surface area contributed by atoms with Crippen molar-refractivity contribution in [1.29, 1.82) is 0 Å². The van der Waals surface area contributed by atoms with Crippen molar-refractivity contribution in [2.75, 3.05) is 32.7 Å². The number of rotatable bonds is 6. The molecule has 0 bridgehead atoms. The molecule has 5 rings (SSSR count). The van der Waals surface area contributed by atoms with Crippen LogP contribution in [-0.2, 0) is 0 Å². The summed E-state index contributed by atoms with van der Waals surface area (Å²) in [5.74, 6) is 2.13. The number of piperazine rings is 1. The van der Waals surface area contributed by atoms with Gasteiger partial charge in [0, 0.05) is 29.8 Å². The number of nitrogens with one attached hydrogen (secondary N) is 1. The summed E-state index contributed by atoms with van der Waals surface area (Å²) in [5, 5.41) is 0. The molecular weight excluding hydrogens is 404 g/mol. The van der Waals surface area contributed by atoms with Gasteiger partial charge in [0.1, 0.15) is 11.9 Å². The molecule has 2 heterocycles. The second-order valence-corrected chi connectivity index (χ2v) is 9.04. The number of likely N-dealkylation sites (N-methyl/N-ethyl adjacent to an activating group) is 1. The largest absolute Gasteiger partial charge is 0.337 e. The minimum absolute atomic E-state index is 0.192. The molecule has 1 N–H and O–H groups in total. The van der Waals surface area contributed by atoms with Crippen LogP contribution >= 0.6 is 0 Å². The number of quaternary nitrogens is 1. The van der Waals surface area contributed by atoms with Crippen LogP contribution in [0.2, 0.25) is 0 Å². The number of aromatic nitrogens is 2. The summed E-state index contributed by atoms with van der Waals surface area (Å²) in [6.07, 6.45) is 0. The predicted molar refractivity (Wildman–Crippen MR) is 137 cm³/mol. The molecule has 168 valence electrons. The normalized spacial score (nSPS) is 16.2. The van der Waals surface area contributed by atoms with E-state index >= 15 is 0 Å². The molecule has 0 spiro atoms. The fourth-order valence-corrected chi connectivity index (χ4v) is 5.42. The maximum atomic E-state index is 5.30. The van der Waals surface area contributed by atoms with Crippen LogP contribution in [0.5, 0.6) is 0 Å². The van der Waals surface area contributed by atoms with Gasteiger partial charge in [-0.15, -0.1) is 0 Å². The topological polar surface area (TPSA) is 31.9 Å². The summed E-state index contributed by atoms with van der Waals surface area (Å²) >= 11 is 0. The van der Waals surface area contributed by atoms with Gasteiger partial charge in [0.25, 0.3) is 0 Å². The summed E-state index contributed by atoms with van der Waals surface area (Å²) < 4.78 is 0.833. The van der Waals surface area contributed by atoms with Crippen LogP contribution in [0.4, 0.5) is 5.82 Å². The van der Waals surface area contributed by atoms with Gasteiger partial charge >= 0.3 is 0 Å². The maximum absolute atomic E-state index is 5.30. The minimum Gasteiger partial charge on any atom is -0.337 e. The predicted octanol–water partition coefficient (Wildman–Crippen LogP) is 5.82. The van der Waals surface area contributed by atoms with Crippen LogP contribution in [-0.4, -0.2) is 47.6 Å². The van der Waals surface area contributed by atoms with E-state index in [1.807, 2.05) is 0 Å². The Balaban J connectivity index is 1.69. The van der Waals surface area contributed by atoms with Crippen LogP contribution in [0.15, 0.2) is 91.0 Å². The quantitative estimate of drug-likeness (QED) is 0.386. The van der Waals surface area contributed by atoms with Crippen LogP contribution in [0, 0.1) is 6.92 Å². The van der Waals surface area contributed by atoms with Crippen LogP contribution in [0.25, 0.3) is 11.4 Å². The van der Waals surface area contributed by atoms with Crippen LogP contribution in [0.3, 0.4) is 0 Å². The average Bonchev–Trinajstić information content (AvgIpc) is 3.28. The van der Waals surface area contributed by atoms with Gasteiger partial charge in [-0.2, -0.15) is 4.98 Å². The molecule has 1 aliphatic heterocycles. The number of aromatic amines is 1. The number of benzene rings is 3. The molecule has 4 heteroatoms. The lowest BCUT2D eigenvalue weighted by atomic mass is 9.93. The van der Waals surface area contributed by atoms with E-state index in [-0.39, 0.29) is 6.04 Å². The number of aryl methyl sites for hydroxylation is 1. The summed E-state index contributed by atoms with van der Waals surface area (Å²) in [4.78, 5) is 11.5. The number of imidazole rings is 1. The highest BCUT2D eigenvalue weighted by molar-refractivity contribution is 5.60. The third kappa shape index (κ3) is 4.12. The van der Waals surface area contributed by atoms with Crippen molar-refractivity contribution < 1.29 is 0 Å². The Kier molecular flexibility index (Phi) is 6.12. The van der Waals surface area contributed by atoms with E-state index in [4.69, 9.17) is 4.98 Å². The minimum atomic E-state index is 0.192. The Hall–Kier alpha value is -3.21. The first-order valence-corrected chi connectivity index (χ1v) is 12.0. The van der Waals surface area contributed by atoms with Gasteiger partial charge in [0.2, 0.25) is 5.82 Å². The fourth-order valence-electron chi connectivity index (χ4n) is 5.42. The van der Waals surface area contributed by atoms with Gasteiger partial charge in [-0.3, -0.25) is 9.38 Å². The lowest BCUT2D eigenvalue weighted by Gasteiger charge is -2.48. The molecule has 4 nitrogen and oxygen atoms in total. The van der Waals surface area contributed by atoms with Crippen molar-refractivity contribution in [2.24, 2.45) is 0 Å². The van der Waals surface area contributed by atoms with Crippen molar-refractivity contribution in [3.63, 3.8) is 0 Å². The molecule has 1 aliphatic rings. The highest BCUT2D eigenvalue weighted by atomic mass is 15.5. The Morgan fingerprint density at radius 3 is 1.85 bits per heavy atom. The van der Waals surface area contributed by atoms with E-state index in [9.17, 15) is 0 Å². The molecule has 0 aliphatic carbocycles. The van der Waals surface area contributed by atoms with E-state index in [1.54, 1.807) is 0 Å². The molecule has 0 saturated carbocycles. The summed E-state index contributed by atoms with van der Waals surface area (Å²) in [5.41, 5.74) is 4.98.